The molecule has 0 amide bonds. The normalized spacial score (nSPS) is 11.5. The van der Waals surface area contributed by atoms with Gasteiger partial charge in [0.25, 0.3) is 0 Å². The average Bonchev–Trinajstić information content (AvgIpc) is 2.08. The summed E-state index contributed by atoms with van der Waals surface area (Å²) in [5.74, 6) is -0.860. The van der Waals surface area contributed by atoms with E-state index in [2.05, 4.69) is 0 Å². The summed E-state index contributed by atoms with van der Waals surface area (Å²) in [5, 5.41) is 17.5. The summed E-state index contributed by atoms with van der Waals surface area (Å²) in [6, 6.07) is 5.42. The molecule has 1 aromatic rings. The van der Waals surface area contributed by atoms with Crippen molar-refractivity contribution < 1.29 is 32.1 Å². The van der Waals surface area contributed by atoms with Crippen molar-refractivity contribution in [3.05, 3.63) is 29.8 Å². The second-order valence-electron chi connectivity index (χ2n) is 2.82. The van der Waals surface area contributed by atoms with Gasteiger partial charge in [0.2, 0.25) is 0 Å². The van der Waals surface area contributed by atoms with Gasteiger partial charge in [-0.1, -0.05) is 12.1 Å². The molecule has 0 radical (unpaired) electrons. The fraction of sp³-hybridized carbons (Fsp3) is 0.222. The molecule has 0 spiro atoms. The van der Waals surface area contributed by atoms with E-state index in [-0.39, 0.29) is 29.2 Å². The van der Waals surface area contributed by atoms with Crippen molar-refractivity contribution in [3.8, 4) is 5.75 Å². The van der Waals surface area contributed by atoms with E-state index in [4.69, 9.17) is 15.9 Å². The van der Waals surface area contributed by atoms with Crippen LogP contribution in [-0.2, 0) is 28.3 Å². The molecule has 0 aliphatic heterocycles. The first-order valence-corrected chi connectivity index (χ1v) is 3.86. The van der Waals surface area contributed by atoms with Gasteiger partial charge in [0.05, 0.1) is 0 Å². The van der Waals surface area contributed by atoms with Gasteiger partial charge in [-0.25, -0.2) is 0 Å². The molecule has 0 bridgehead atoms. The fourth-order valence-electron chi connectivity index (χ4n) is 0.973. The molecule has 78 valence electrons. The summed E-state index contributed by atoms with van der Waals surface area (Å²) in [4.78, 5) is 10.4. The molecule has 1 unspecified atom stereocenters. The molecule has 0 aliphatic rings. The Morgan fingerprint density at radius 2 is 1.86 bits per heavy atom. The van der Waals surface area contributed by atoms with Gasteiger partial charge in [0.15, 0.2) is 0 Å². The first kappa shape index (κ1) is 13.0. The van der Waals surface area contributed by atoms with E-state index in [9.17, 15) is 4.79 Å². The van der Waals surface area contributed by atoms with Crippen LogP contribution in [0.2, 0.25) is 0 Å². The maximum Gasteiger partial charge on any atom is 0.320 e. The molecule has 0 saturated heterocycles. The van der Waals surface area contributed by atoms with Crippen molar-refractivity contribution >= 4 is 5.97 Å². The summed E-state index contributed by atoms with van der Waals surface area (Å²) < 4.78 is 0. The molecule has 1 rings (SSSR count). The van der Waals surface area contributed by atoms with E-state index in [0.29, 0.717) is 0 Å². The van der Waals surface area contributed by atoms with Crippen LogP contribution in [0.25, 0.3) is 0 Å². The predicted octanol–water partition coefficient (Wildman–Crippen LogP) is 0.344. The Kier molecular flexibility index (Phi) is 5.23. The smallest absolute Gasteiger partial charge is 0.320 e. The summed E-state index contributed by atoms with van der Waals surface area (Å²) >= 11 is 0. The van der Waals surface area contributed by atoms with Crippen LogP contribution in [-0.4, -0.2) is 22.2 Å². The number of nitrogens with two attached hydrogens (primary N) is 1. The molecule has 1 atom stereocenters. The van der Waals surface area contributed by atoms with Gasteiger partial charge >= 0.3 is 5.97 Å². The number of carboxylic acids is 1. The van der Waals surface area contributed by atoms with Crippen LogP contribution >= 0.6 is 0 Å². The standard InChI is InChI=1S/C9H11NO3.Fe/c10-8(9(12)13)5-6-1-3-7(11)4-2-6;/h1-4,8,11H,5,10H2,(H,12,13);. The molecular weight excluding hydrogens is 226 g/mol. The summed E-state index contributed by atoms with van der Waals surface area (Å²) in [6.45, 7) is 0. The SMILES string of the molecule is NC(Cc1ccc(O)cc1)C(=O)O.[Fe]. The number of carboxylic acid groups (broad SMARTS) is 1. The minimum atomic E-state index is -1.02. The maximum absolute atomic E-state index is 10.4. The van der Waals surface area contributed by atoms with Gasteiger partial charge < -0.3 is 15.9 Å². The number of carbonyl (C=O) groups is 1. The predicted molar refractivity (Wildman–Crippen MR) is 47.4 cm³/mol. The van der Waals surface area contributed by atoms with Crippen molar-refractivity contribution in [3.63, 3.8) is 0 Å². The largest absolute Gasteiger partial charge is 0.508 e. The third kappa shape index (κ3) is 3.79. The first-order chi connectivity index (χ1) is 6.09. The van der Waals surface area contributed by atoms with E-state index >= 15 is 0 Å². The third-order valence-electron chi connectivity index (χ3n) is 1.71. The van der Waals surface area contributed by atoms with Gasteiger partial charge in [0.1, 0.15) is 11.8 Å². The Morgan fingerprint density at radius 1 is 1.36 bits per heavy atom. The van der Waals surface area contributed by atoms with Crippen molar-refractivity contribution in [2.45, 2.75) is 12.5 Å². The molecular formula is C9H11FeNO3. The molecule has 0 aromatic heterocycles. The number of phenols is 1. The topological polar surface area (TPSA) is 83.5 Å². The minimum absolute atomic E-state index is 0. The summed E-state index contributed by atoms with van der Waals surface area (Å²) in [5.41, 5.74) is 6.12. The van der Waals surface area contributed by atoms with Crippen LogP contribution in [0.4, 0.5) is 0 Å². The van der Waals surface area contributed by atoms with Crippen LogP contribution in [0.3, 0.4) is 0 Å². The van der Waals surface area contributed by atoms with E-state index in [0.717, 1.165) is 5.56 Å². The second-order valence-corrected chi connectivity index (χ2v) is 2.82. The number of phenolic OH excluding ortho intramolecular Hbond substituents is 1. The van der Waals surface area contributed by atoms with Gasteiger partial charge in [-0.3, -0.25) is 4.79 Å². The maximum atomic E-state index is 10.4. The monoisotopic (exact) mass is 237 g/mol. The minimum Gasteiger partial charge on any atom is -0.508 e. The molecule has 0 aliphatic carbocycles. The molecule has 1 aromatic carbocycles. The molecule has 0 saturated carbocycles. The van der Waals surface area contributed by atoms with Crippen LogP contribution in [0.1, 0.15) is 5.56 Å². The van der Waals surface area contributed by atoms with Crippen LogP contribution in [0.15, 0.2) is 24.3 Å². The van der Waals surface area contributed by atoms with Crippen molar-refractivity contribution in [1.82, 2.24) is 0 Å². The van der Waals surface area contributed by atoms with E-state index < -0.39 is 12.0 Å². The van der Waals surface area contributed by atoms with Crippen LogP contribution < -0.4 is 5.73 Å². The Labute approximate surface area is 92.2 Å². The molecule has 4 N–H and O–H groups in total. The van der Waals surface area contributed by atoms with Gasteiger partial charge in [-0.15, -0.1) is 0 Å². The molecule has 0 heterocycles. The number of hydrogen-bond acceptors (Lipinski definition) is 3. The zero-order valence-corrected chi connectivity index (χ0v) is 8.43. The first-order valence-electron chi connectivity index (χ1n) is 3.86. The van der Waals surface area contributed by atoms with Crippen LogP contribution in [0, 0.1) is 0 Å². The van der Waals surface area contributed by atoms with E-state index in [1.807, 2.05) is 0 Å². The molecule has 14 heavy (non-hydrogen) atoms. The van der Waals surface area contributed by atoms with Gasteiger partial charge in [-0.05, 0) is 24.1 Å². The Morgan fingerprint density at radius 3 is 2.29 bits per heavy atom. The van der Waals surface area contributed by atoms with Crippen molar-refractivity contribution in [2.75, 3.05) is 0 Å². The fourth-order valence-corrected chi connectivity index (χ4v) is 0.973. The Hall–Kier alpha value is -1.03. The number of hydrogen-bond donors (Lipinski definition) is 3. The number of aliphatic carboxylic acids is 1. The van der Waals surface area contributed by atoms with Crippen molar-refractivity contribution in [2.24, 2.45) is 5.73 Å². The average molecular weight is 237 g/mol. The molecule has 4 nitrogen and oxygen atoms in total. The second kappa shape index (κ2) is 5.65. The van der Waals surface area contributed by atoms with E-state index in [1.165, 1.54) is 12.1 Å². The van der Waals surface area contributed by atoms with Crippen LogP contribution in [0.5, 0.6) is 5.75 Å². The summed E-state index contributed by atoms with van der Waals surface area (Å²) in [7, 11) is 0. The number of aromatic hydroxyl groups is 1. The van der Waals surface area contributed by atoms with Gasteiger partial charge in [-0.2, -0.15) is 0 Å². The van der Waals surface area contributed by atoms with Gasteiger partial charge in [0, 0.05) is 17.1 Å². The zero-order chi connectivity index (χ0) is 9.84. The van der Waals surface area contributed by atoms with Crippen molar-refractivity contribution in [1.29, 1.82) is 0 Å². The zero-order valence-electron chi connectivity index (χ0n) is 7.33. The van der Waals surface area contributed by atoms with E-state index in [1.54, 1.807) is 12.1 Å². The third-order valence-corrected chi connectivity index (χ3v) is 1.71. The number of rotatable bonds is 3. The molecule has 0 fully saturated rings. The quantitative estimate of drug-likeness (QED) is 0.662. The Bertz CT molecular complexity index is 299. The molecule has 5 heteroatoms. The summed E-state index contributed by atoms with van der Waals surface area (Å²) in [6.07, 6.45) is 0.273. The number of benzene rings is 1. The Balaban J connectivity index is 0.00000169.